The van der Waals surface area contributed by atoms with Crippen LogP contribution in [-0.2, 0) is 4.74 Å². The van der Waals surface area contributed by atoms with Gasteiger partial charge in [-0.2, -0.15) is 0 Å². The molecule has 0 aliphatic rings. The molecule has 0 aliphatic heterocycles. The normalized spacial score (nSPS) is 10.7. The van der Waals surface area contributed by atoms with Gasteiger partial charge in [-0.05, 0) is 32.9 Å². The van der Waals surface area contributed by atoms with Crippen LogP contribution in [0.1, 0.15) is 28.7 Å². The molecule has 2 heterocycles. The van der Waals surface area contributed by atoms with Gasteiger partial charge in [0, 0.05) is 11.9 Å². The van der Waals surface area contributed by atoms with Crippen molar-refractivity contribution in [2.75, 3.05) is 6.61 Å². The molecule has 2 aromatic heterocycles. The van der Waals surface area contributed by atoms with Gasteiger partial charge in [0.2, 0.25) is 0 Å². The largest absolute Gasteiger partial charge is 0.462 e. The van der Waals surface area contributed by atoms with Crippen LogP contribution < -0.4 is 0 Å². The first kappa shape index (κ1) is 10.7. The summed E-state index contributed by atoms with van der Waals surface area (Å²) in [6.45, 7) is 6.11. The first-order chi connectivity index (χ1) is 7.63. The fourth-order valence-electron chi connectivity index (χ4n) is 1.61. The van der Waals surface area contributed by atoms with Gasteiger partial charge in [-0.1, -0.05) is 0 Å². The number of carbonyl (C=O) groups excluding carboxylic acids is 1. The monoisotopic (exact) mass is 218 g/mol. The van der Waals surface area contributed by atoms with Crippen molar-refractivity contribution in [3.63, 3.8) is 0 Å². The van der Waals surface area contributed by atoms with E-state index in [1.165, 1.54) is 0 Å². The highest BCUT2D eigenvalue weighted by Crippen LogP contribution is 2.12. The van der Waals surface area contributed by atoms with Crippen molar-refractivity contribution < 1.29 is 9.53 Å². The molecule has 0 fully saturated rings. The van der Waals surface area contributed by atoms with Gasteiger partial charge in [-0.25, -0.2) is 9.78 Å². The third-order valence-corrected chi connectivity index (χ3v) is 2.61. The molecule has 0 N–H and O–H groups in total. The molecule has 0 unspecified atom stereocenters. The van der Waals surface area contributed by atoms with E-state index in [1.807, 2.05) is 24.3 Å². The van der Waals surface area contributed by atoms with Gasteiger partial charge in [0.05, 0.1) is 17.9 Å². The summed E-state index contributed by atoms with van der Waals surface area (Å²) < 4.78 is 6.86. The highest BCUT2D eigenvalue weighted by Gasteiger charge is 2.09. The van der Waals surface area contributed by atoms with Gasteiger partial charge < -0.3 is 9.14 Å². The molecule has 0 amide bonds. The van der Waals surface area contributed by atoms with Crippen molar-refractivity contribution in [1.29, 1.82) is 0 Å². The van der Waals surface area contributed by atoms with E-state index in [0.29, 0.717) is 12.2 Å². The topological polar surface area (TPSA) is 43.6 Å². The number of nitrogens with zero attached hydrogens (tertiary/aromatic N) is 2. The van der Waals surface area contributed by atoms with E-state index in [9.17, 15) is 4.79 Å². The van der Waals surface area contributed by atoms with Crippen LogP contribution in [0.4, 0.5) is 0 Å². The SMILES string of the molecule is CCOC(=O)c1ccc2nc(C)c(C)n2c1. The molecule has 84 valence electrons. The molecule has 0 saturated heterocycles. The third kappa shape index (κ3) is 1.66. The van der Waals surface area contributed by atoms with Crippen LogP contribution in [0.5, 0.6) is 0 Å². The highest BCUT2D eigenvalue weighted by atomic mass is 16.5. The molecule has 0 spiro atoms. The molecule has 4 nitrogen and oxygen atoms in total. The summed E-state index contributed by atoms with van der Waals surface area (Å²) in [5.74, 6) is -0.296. The Labute approximate surface area is 93.9 Å². The first-order valence-electron chi connectivity index (χ1n) is 5.26. The van der Waals surface area contributed by atoms with Gasteiger partial charge in [0.1, 0.15) is 5.65 Å². The van der Waals surface area contributed by atoms with Crippen molar-refractivity contribution in [3.8, 4) is 0 Å². The smallest absolute Gasteiger partial charge is 0.339 e. The number of ether oxygens (including phenoxy) is 1. The highest BCUT2D eigenvalue weighted by molar-refractivity contribution is 5.89. The van der Waals surface area contributed by atoms with Crippen LogP contribution in [0.3, 0.4) is 0 Å². The fraction of sp³-hybridized carbons (Fsp3) is 0.333. The molecule has 0 aliphatic carbocycles. The number of imidazole rings is 1. The summed E-state index contributed by atoms with van der Waals surface area (Å²) in [6.07, 6.45) is 1.77. The Morgan fingerprint density at radius 1 is 1.44 bits per heavy atom. The van der Waals surface area contributed by atoms with Crippen LogP contribution in [0, 0.1) is 13.8 Å². The van der Waals surface area contributed by atoms with Crippen LogP contribution >= 0.6 is 0 Å². The minimum atomic E-state index is -0.296. The average molecular weight is 218 g/mol. The minimum Gasteiger partial charge on any atom is -0.462 e. The van der Waals surface area contributed by atoms with Crippen molar-refractivity contribution in [2.24, 2.45) is 0 Å². The predicted octanol–water partition coefficient (Wildman–Crippen LogP) is 2.13. The van der Waals surface area contributed by atoms with Gasteiger partial charge in [-0.3, -0.25) is 0 Å². The quantitative estimate of drug-likeness (QED) is 0.725. The molecule has 0 aromatic carbocycles. The Hall–Kier alpha value is -1.84. The lowest BCUT2D eigenvalue weighted by atomic mass is 10.3. The van der Waals surface area contributed by atoms with E-state index in [4.69, 9.17) is 4.74 Å². The number of esters is 1. The standard InChI is InChI=1S/C12H14N2O2/c1-4-16-12(15)10-5-6-11-13-8(2)9(3)14(11)7-10/h5-7H,4H2,1-3H3. The second-order valence-electron chi connectivity index (χ2n) is 3.65. The van der Waals surface area contributed by atoms with Gasteiger partial charge in [0.25, 0.3) is 0 Å². The summed E-state index contributed by atoms with van der Waals surface area (Å²) in [5, 5.41) is 0. The summed E-state index contributed by atoms with van der Waals surface area (Å²) in [5.41, 5.74) is 3.42. The predicted molar refractivity (Wildman–Crippen MR) is 60.6 cm³/mol. The second-order valence-corrected chi connectivity index (χ2v) is 3.65. The number of fused-ring (bicyclic) bond motifs is 1. The molecule has 4 heteroatoms. The lowest BCUT2D eigenvalue weighted by Gasteiger charge is -2.03. The molecular formula is C12H14N2O2. The number of rotatable bonds is 2. The van der Waals surface area contributed by atoms with E-state index in [1.54, 1.807) is 19.2 Å². The Morgan fingerprint density at radius 3 is 2.88 bits per heavy atom. The first-order valence-corrected chi connectivity index (χ1v) is 5.26. The van der Waals surface area contributed by atoms with E-state index in [0.717, 1.165) is 17.0 Å². The summed E-state index contributed by atoms with van der Waals surface area (Å²) in [7, 11) is 0. The fourth-order valence-corrected chi connectivity index (χ4v) is 1.61. The number of hydrogen-bond donors (Lipinski definition) is 0. The van der Waals surface area contributed by atoms with E-state index < -0.39 is 0 Å². The lowest BCUT2D eigenvalue weighted by Crippen LogP contribution is -2.06. The molecule has 2 aromatic rings. The Morgan fingerprint density at radius 2 is 2.19 bits per heavy atom. The zero-order valence-electron chi connectivity index (χ0n) is 9.65. The van der Waals surface area contributed by atoms with E-state index in [2.05, 4.69) is 4.98 Å². The Balaban J connectivity index is 2.50. The van der Waals surface area contributed by atoms with Crippen LogP contribution in [0.25, 0.3) is 5.65 Å². The average Bonchev–Trinajstić information content (AvgIpc) is 2.55. The number of carbonyl (C=O) groups is 1. The number of hydrogen-bond acceptors (Lipinski definition) is 3. The number of pyridine rings is 1. The Bertz CT molecular complexity index is 543. The van der Waals surface area contributed by atoms with Crippen molar-refractivity contribution in [3.05, 3.63) is 35.3 Å². The van der Waals surface area contributed by atoms with Gasteiger partial charge in [0.15, 0.2) is 0 Å². The summed E-state index contributed by atoms with van der Waals surface area (Å²) >= 11 is 0. The maximum absolute atomic E-state index is 11.6. The van der Waals surface area contributed by atoms with Crippen molar-refractivity contribution in [2.45, 2.75) is 20.8 Å². The van der Waals surface area contributed by atoms with Crippen molar-refractivity contribution in [1.82, 2.24) is 9.38 Å². The van der Waals surface area contributed by atoms with E-state index in [-0.39, 0.29) is 5.97 Å². The van der Waals surface area contributed by atoms with Crippen LogP contribution in [0.2, 0.25) is 0 Å². The minimum absolute atomic E-state index is 0.296. The lowest BCUT2D eigenvalue weighted by molar-refractivity contribution is 0.0526. The number of aryl methyl sites for hydroxylation is 2. The zero-order chi connectivity index (χ0) is 11.7. The molecule has 0 atom stereocenters. The number of aromatic nitrogens is 2. The molecule has 0 bridgehead atoms. The van der Waals surface area contributed by atoms with Gasteiger partial charge >= 0.3 is 5.97 Å². The third-order valence-electron chi connectivity index (χ3n) is 2.61. The molecule has 0 radical (unpaired) electrons. The summed E-state index contributed by atoms with van der Waals surface area (Å²) in [6, 6.07) is 3.56. The zero-order valence-corrected chi connectivity index (χ0v) is 9.65. The maximum atomic E-state index is 11.6. The summed E-state index contributed by atoms with van der Waals surface area (Å²) in [4.78, 5) is 15.9. The Kier molecular flexibility index (Phi) is 2.64. The van der Waals surface area contributed by atoms with Crippen LogP contribution in [-0.4, -0.2) is 22.0 Å². The molecular weight excluding hydrogens is 204 g/mol. The molecule has 2 rings (SSSR count). The van der Waals surface area contributed by atoms with Gasteiger partial charge in [-0.15, -0.1) is 0 Å². The van der Waals surface area contributed by atoms with Crippen LogP contribution in [0.15, 0.2) is 18.3 Å². The maximum Gasteiger partial charge on any atom is 0.339 e. The molecule has 0 saturated carbocycles. The second kappa shape index (κ2) is 3.96. The van der Waals surface area contributed by atoms with Crippen molar-refractivity contribution >= 4 is 11.6 Å². The van der Waals surface area contributed by atoms with E-state index >= 15 is 0 Å². The molecule has 16 heavy (non-hydrogen) atoms.